The summed E-state index contributed by atoms with van der Waals surface area (Å²) in [6.07, 6.45) is 7.41. The Morgan fingerprint density at radius 2 is 1.02 bits per heavy atom. The highest BCUT2D eigenvalue weighted by atomic mass is 16.5. The van der Waals surface area contributed by atoms with Crippen LogP contribution in [0.3, 0.4) is 0 Å². The summed E-state index contributed by atoms with van der Waals surface area (Å²) in [4.78, 5) is 13.6. The highest BCUT2D eigenvalue weighted by Gasteiger charge is 2.13. The van der Waals surface area contributed by atoms with Crippen molar-refractivity contribution in [2.45, 2.75) is 6.92 Å². The second-order valence-corrected chi connectivity index (χ2v) is 10.3. The van der Waals surface area contributed by atoms with Gasteiger partial charge in [-0.1, -0.05) is 85.0 Å². The molecule has 0 aliphatic heterocycles. The van der Waals surface area contributed by atoms with Crippen LogP contribution in [0.5, 0.6) is 17.2 Å². The molecule has 0 bridgehead atoms. The first-order valence-corrected chi connectivity index (χ1v) is 14.5. The molecule has 0 saturated carbocycles. The van der Waals surface area contributed by atoms with Crippen molar-refractivity contribution in [2.24, 2.45) is 0 Å². The Labute approximate surface area is 265 Å². The van der Waals surface area contributed by atoms with Crippen LogP contribution in [-0.2, 0) is 4.79 Å². The van der Waals surface area contributed by atoms with Gasteiger partial charge in [0.25, 0.3) is 0 Å². The maximum absolute atomic E-state index is 11.4. The van der Waals surface area contributed by atoms with Crippen LogP contribution in [0.25, 0.3) is 17.7 Å². The van der Waals surface area contributed by atoms with E-state index in [1.165, 1.54) is 5.56 Å². The summed E-state index contributed by atoms with van der Waals surface area (Å²) in [5.41, 5.74) is 8.47. The quantitative estimate of drug-likeness (QED) is 0.0661. The summed E-state index contributed by atoms with van der Waals surface area (Å²) in [7, 11) is 3.35. The van der Waals surface area contributed by atoms with Crippen LogP contribution in [0.1, 0.15) is 27.8 Å². The highest BCUT2D eigenvalue weighted by Crippen LogP contribution is 2.33. The van der Waals surface area contributed by atoms with E-state index in [0.29, 0.717) is 5.75 Å². The van der Waals surface area contributed by atoms with Crippen molar-refractivity contribution >= 4 is 35.1 Å². The standard InChI is InChI=1S/C40H35NO4/c1-5-40(42)45-38-22-12-31(13-23-38)9-8-30-10-20-35(21-11-30)41(34-18-6-29(2)7-19-34)28-39(32-14-24-36(43-3)25-15-32)33-16-26-37(44-4)27-17-33/h5-28H,1H2,2-4H3. The molecule has 5 aromatic rings. The molecule has 0 fully saturated rings. The first kappa shape index (κ1) is 30.6. The summed E-state index contributed by atoms with van der Waals surface area (Å²) in [6.45, 7) is 5.52. The van der Waals surface area contributed by atoms with E-state index in [4.69, 9.17) is 14.2 Å². The van der Waals surface area contributed by atoms with Gasteiger partial charge in [0.1, 0.15) is 17.2 Å². The molecule has 0 unspecified atom stereocenters. The molecule has 0 aromatic heterocycles. The molecule has 0 saturated heterocycles. The molecule has 224 valence electrons. The SMILES string of the molecule is C=CC(=O)Oc1ccc(C=Cc2ccc(N(C=C(c3ccc(OC)cc3)c3ccc(OC)cc3)c3ccc(C)cc3)cc2)cc1. The molecule has 5 aromatic carbocycles. The molecule has 0 amide bonds. The van der Waals surface area contributed by atoms with Gasteiger partial charge in [-0.3, -0.25) is 0 Å². The second-order valence-electron chi connectivity index (χ2n) is 10.3. The molecular weight excluding hydrogens is 558 g/mol. The fourth-order valence-electron chi connectivity index (χ4n) is 4.73. The molecule has 5 nitrogen and oxygen atoms in total. The number of methoxy groups -OCH3 is 2. The largest absolute Gasteiger partial charge is 0.497 e. The number of rotatable bonds is 11. The Balaban J connectivity index is 1.49. The van der Waals surface area contributed by atoms with Gasteiger partial charge in [-0.2, -0.15) is 0 Å². The van der Waals surface area contributed by atoms with Crippen molar-refractivity contribution in [1.82, 2.24) is 0 Å². The topological polar surface area (TPSA) is 48.0 Å². The van der Waals surface area contributed by atoms with Crippen LogP contribution in [0, 0.1) is 6.92 Å². The predicted molar refractivity (Wildman–Crippen MR) is 184 cm³/mol. The van der Waals surface area contributed by atoms with Crippen molar-refractivity contribution in [3.05, 3.63) is 168 Å². The number of benzene rings is 5. The fraction of sp³-hybridized carbons (Fsp3) is 0.0750. The zero-order valence-corrected chi connectivity index (χ0v) is 25.6. The lowest BCUT2D eigenvalue weighted by atomic mass is 9.98. The Bertz CT molecular complexity index is 1730. The minimum absolute atomic E-state index is 0.479. The van der Waals surface area contributed by atoms with Crippen LogP contribution in [-0.4, -0.2) is 20.2 Å². The Kier molecular flexibility index (Phi) is 9.93. The number of carbonyl (C=O) groups is 1. The summed E-state index contributed by atoms with van der Waals surface area (Å²) in [6, 6.07) is 40.5. The van der Waals surface area contributed by atoms with Gasteiger partial charge in [0, 0.05) is 29.2 Å². The van der Waals surface area contributed by atoms with Gasteiger partial charge < -0.3 is 19.1 Å². The van der Waals surface area contributed by atoms with Crippen molar-refractivity contribution < 1.29 is 19.0 Å². The number of carbonyl (C=O) groups excluding carboxylic acids is 1. The molecule has 0 heterocycles. The summed E-state index contributed by atoms with van der Waals surface area (Å²) >= 11 is 0. The number of ether oxygens (including phenoxy) is 3. The van der Waals surface area contributed by atoms with Crippen LogP contribution in [0.15, 0.2) is 140 Å². The van der Waals surface area contributed by atoms with E-state index in [0.717, 1.165) is 56.8 Å². The van der Waals surface area contributed by atoms with E-state index in [1.807, 2.05) is 42.5 Å². The average molecular weight is 594 g/mol. The number of hydrogen-bond donors (Lipinski definition) is 0. The molecule has 0 N–H and O–H groups in total. The molecule has 0 radical (unpaired) electrons. The van der Waals surface area contributed by atoms with E-state index in [2.05, 4.69) is 103 Å². The van der Waals surface area contributed by atoms with Gasteiger partial charge in [0.2, 0.25) is 0 Å². The van der Waals surface area contributed by atoms with Gasteiger partial charge >= 0.3 is 5.97 Å². The smallest absolute Gasteiger partial charge is 0.335 e. The summed E-state index contributed by atoms with van der Waals surface area (Å²) in [5.74, 6) is 1.61. The lowest BCUT2D eigenvalue weighted by molar-refractivity contribution is -0.128. The van der Waals surface area contributed by atoms with Gasteiger partial charge in [0.05, 0.1) is 14.2 Å². The van der Waals surface area contributed by atoms with Crippen LogP contribution >= 0.6 is 0 Å². The molecule has 0 atom stereocenters. The minimum Gasteiger partial charge on any atom is -0.497 e. The number of nitrogens with zero attached hydrogens (tertiary/aromatic N) is 1. The van der Waals surface area contributed by atoms with E-state index in [-0.39, 0.29) is 0 Å². The van der Waals surface area contributed by atoms with E-state index in [9.17, 15) is 4.79 Å². The van der Waals surface area contributed by atoms with Crippen molar-refractivity contribution in [1.29, 1.82) is 0 Å². The molecule has 0 aliphatic rings. The van der Waals surface area contributed by atoms with Crippen LogP contribution < -0.4 is 19.1 Å². The first-order valence-electron chi connectivity index (χ1n) is 14.5. The zero-order valence-electron chi connectivity index (χ0n) is 25.6. The lowest BCUT2D eigenvalue weighted by Gasteiger charge is -2.24. The monoisotopic (exact) mass is 593 g/mol. The number of hydrogen-bond acceptors (Lipinski definition) is 5. The fourth-order valence-corrected chi connectivity index (χ4v) is 4.73. The summed E-state index contributed by atoms with van der Waals surface area (Å²) < 4.78 is 16.0. The number of anilines is 2. The van der Waals surface area contributed by atoms with E-state index in [1.54, 1.807) is 26.4 Å². The lowest BCUT2D eigenvalue weighted by Crippen LogP contribution is -2.10. The van der Waals surface area contributed by atoms with E-state index >= 15 is 0 Å². The molecular formula is C40H35NO4. The van der Waals surface area contributed by atoms with Gasteiger partial charge in [-0.15, -0.1) is 0 Å². The Morgan fingerprint density at radius 3 is 1.47 bits per heavy atom. The first-order chi connectivity index (χ1) is 21.9. The molecule has 0 aliphatic carbocycles. The van der Waals surface area contributed by atoms with Crippen LogP contribution in [0.4, 0.5) is 11.4 Å². The van der Waals surface area contributed by atoms with Gasteiger partial charge in [-0.25, -0.2) is 4.79 Å². The molecule has 0 spiro atoms. The second kappa shape index (κ2) is 14.6. The molecule has 5 rings (SSSR count). The highest BCUT2D eigenvalue weighted by molar-refractivity contribution is 5.85. The van der Waals surface area contributed by atoms with E-state index < -0.39 is 5.97 Å². The maximum Gasteiger partial charge on any atom is 0.335 e. The third-order valence-corrected chi connectivity index (χ3v) is 7.28. The van der Waals surface area contributed by atoms with Crippen LogP contribution in [0.2, 0.25) is 0 Å². The van der Waals surface area contributed by atoms with Crippen molar-refractivity contribution in [2.75, 3.05) is 19.1 Å². The zero-order chi connectivity index (χ0) is 31.6. The Hall–Kier alpha value is -5.81. The third-order valence-electron chi connectivity index (χ3n) is 7.28. The number of esters is 1. The average Bonchev–Trinajstić information content (AvgIpc) is 3.09. The normalized spacial score (nSPS) is 10.6. The molecule has 5 heteroatoms. The Morgan fingerprint density at radius 1 is 0.600 bits per heavy atom. The number of aryl methyl sites for hydroxylation is 1. The van der Waals surface area contributed by atoms with Gasteiger partial charge in [-0.05, 0) is 89.8 Å². The third kappa shape index (κ3) is 7.98. The van der Waals surface area contributed by atoms with Crippen molar-refractivity contribution in [3.8, 4) is 17.2 Å². The van der Waals surface area contributed by atoms with Crippen molar-refractivity contribution in [3.63, 3.8) is 0 Å². The minimum atomic E-state index is -0.479. The maximum atomic E-state index is 11.4. The summed E-state index contributed by atoms with van der Waals surface area (Å²) in [5, 5.41) is 0. The predicted octanol–water partition coefficient (Wildman–Crippen LogP) is 9.50. The molecule has 45 heavy (non-hydrogen) atoms. The van der Waals surface area contributed by atoms with Gasteiger partial charge in [0.15, 0.2) is 0 Å².